The number of amides is 1. The third kappa shape index (κ3) is 5.53. The first kappa shape index (κ1) is 24.3. The van der Waals surface area contributed by atoms with E-state index >= 15 is 0 Å². The molecule has 32 heavy (non-hydrogen) atoms. The van der Waals surface area contributed by atoms with Crippen LogP contribution in [-0.2, 0) is 23.7 Å². The zero-order valence-electron chi connectivity index (χ0n) is 19.1. The summed E-state index contributed by atoms with van der Waals surface area (Å²) in [6, 6.07) is 5.77. The number of ether oxygens (including phenoxy) is 6. The minimum absolute atomic E-state index is 0.0663. The van der Waals surface area contributed by atoms with Crippen LogP contribution < -0.4 is 9.47 Å². The van der Waals surface area contributed by atoms with Gasteiger partial charge >= 0.3 is 0 Å². The average Bonchev–Trinajstić information content (AvgIpc) is 3.28. The summed E-state index contributed by atoms with van der Waals surface area (Å²) in [6.07, 6.45) is 1.93. The monoisotopic (exact) mass is 451 g/mol. The molecule has 0 radical (unpaired) electrons. The number of aliphatic hydroxyl groups is 1. The van der Waals surface area contributed by atoms with Crippen LogP contribution in [-0.4, -0.2) is 76.3 Å². The molecule has 9 heteroatoms. The summed E-state index contributed by atoms with van der Waals surface area (Å²) in [4.78, 5) is 14.7. The van der Waals surface area contributed by atoms with Crippen LogP contribution in [0.4, 0.5) is 0 Å². The Hall–Kier alpha value is -2.33. The van der Waals surface area contributed by atoms with Crippen molar-refractivity contribution in [3.63, 3.8) is 0 Å². The number of methoxy groups -OCH3 is 2. The van der Waals surface area contributed by atoms with Gasteiger partial charge < -0.3 is 38.4 Å². The molecule has 1 N–H and O–H groups in total. The van der Waals surface area contributed by atoms with Crippen molar-refractivity contribution >= 4 is 5.91 Å². The lowest BCUT2D eigenvalue weighted by Gasteiger charge is -2.38. The Kier molecular flexibility index (Phi) is 8.75. The fourth-order valence-electron chi connectivity index (χ4n) is 4.00. The van der Waals surface area contributed by atoms with Crippen molar-refractivity contribution in [2.24, 2.45) is 5.92 Å². The van der Waals surface area contributed by atoms with Crippen LogP contribution in [0.1, 0.15) is 31.2 Å². The highest BCUT2D eigenvalue weighted by molar-refractivity contribution is 5.91. The maximum absolute atomic E-state index is 13.2. The highest BCUT2D eigenvalue weighted by atomic mass is 16.7. The number of fused-ring (bicyclic) bond motifs is 1. The summed E-state index contributed by atoms with van der Waals surface area (Å²) in [7, 11) is 4.71. The van der Waals surface area contributed by atoms with Crippen LogP contribution in [0.5, 0.6) is 11.5 Å². The van der Waals surface area contributed by atoms with Gasteiger partial charge in [-0.3, -0.25) is 4.79 Å². The molecule has 2 aliphatic rings. The zero-order valence-corrected chi connectivity index (χ0v) is 19.1. The van der Waals surface area contributed by atoms with Gasteiger partial charge in [0, 0.05) is 46.3 Å². The molecule has 3 rings (SSSR count). The minimum atomic E-state index is -0.625. The molecule has 1 amide bonds. The molecule has 1 aromatic rings. The van der Waals surface area contributed by atoms with E-state index in [-0.39, 0.29) is 43.4 Å². The van der Waals surface area contributed by atoms with E-state index in [0.29, 0.717) is 30.9 Å². The van der Waals surface area contributed by atoms with E-state index in [0.717, 1.165) is 5.56 Å². The summed E-state index contributed by atoms with van der Waals surface area (Å²) in [5, 5.41) is 9.42. The molecule has 0 unspecified atom stereocenters. The second-order valence-corrected chi connectivity index (χ2v) is 7.73. The maximum Gasteiger partial charge on any atom is 0.288 e. The van der Waals surface area contributed by atoms with E-state index in [1.165, 1.54) is 19.1 Å². The van der Waals surface area contributed by atoms with Gasteiger partial charge in [-0.1, -0.05) is 6.07 Å². The summed E-state index contributed by atoms with van der Waals surface area (Å²) >= 11 is 0. The number of aliphatic hydroxyl groups excluding tert-OH is 1. The number of likely N-dealkylation sites (N-methyl/N-ethyl adjacent to an activating group) is 1. The number of benzene rings is 1. The zero-order chi connectivity index (χ0) is 23.1. The Bertz CT molecular complexity index is 794. The van der Waals surface area contributed by atoms with Crippen molar-refractivity contribution in [2.45, 2.75) is 38.3 Å². The Morgan fingerprint density at radius 3 is 2.69 bits per heavy atom. The fourth-order valence-corrected chi connectivity index (χ4v) is 4.00. The molecule has 2 aliphatic heterocycles. The fraction of sp³-hybridized carbons (Fsp3) is 0.609. The van der Waals surface area contributed by atoms with Gasteiger partial charge in [0.25, 0.3) is 5.91 Å². The van der Waals surface area contributed by atoms with Gasteiger partial charge in [-0.05, 0) is 43.5 Å². The van der Waals surface area contributed by atoms with Crippen molar-refractivity contribution in [2.75, 3.05) is 47.8 Å². The molecule has 178 valence electrons. The van der Waals surface area contributed by atoms with Crippen molar-refractivity contribution < 1.29 is 38.3 Å². The van der Waals surface area contributed by atoms with Gasteiger partial charge in [0.05, 0.1) is 6.54 Å². The molecule has 1 aromatic carbocycles. The number of hydrogen-bond donors (Lipinski definition) is 1. The number of rotatable bonds is 11. The van der Waals surface area contributed by atoms with Gasteiger partial charge in [-0.25, -0.2) is 0 Å². The normalized spacial score (nSPS) is 21.9. The maximum atomic E-state index is 13.2. The molecule has 0 bridgehead atoms. The number of nitrogens with zero attached hydrogens (tertiary/aromatic N) is 1. The average molecular weight is 452 g/mol. The van der Waals surface area contributed by atoms with Crippen molar-refractivity contribution in [1.29, 1.82) is 0 Å². The first-order chi connectivity index (χ1) is 15.5. The SMILES string of the molecule is CCO[C@H]1OC(C(=O)N(C)CC(OC)OC)=C[C@@H](c2ccc3c(c2)OCO3)[C@H]1CCCO. The third-order valence-electron chi connectivity index (χ3n) is 5.70. The molecule has 0 fully saturated rings. The lowest BCUT2D eigenvalue weighted by molar-refractivity contribution is -0.172. The Balaban J connectivity index is 1.93. The second-order valence-electron chi connectivity index (χ2n) is 7.73. The number of carbonyl (C=O) groups excluding carboxylic acids is 1. The van der Waals surface area contributed by atoms with Gasteiger partial charge in [-0.15, -0.1) is 0 Å². The van der Waals surface area contributed by atoms with E-state index in [2.05, 4.69) is 0 Å². The highest BCUT2D eigenvalue weighted by Gasteiger charge is 2.39. The molecule has 0 aliphatic carbocycles. The predicted molar refractivity (Wildman–Crippen MR) is 115 cm³/mol. The van der Waals surface area contributed by atoms with Gasteiger partial charge in [0.2, 0.25) is 13.1 Å². The minimum Gasteiger partial charge on any atom is -0.459 e. The summed E-state index contributed by atoms with van der Waals surface area (Å²) < 4.78 is 33.4. The van der Waals surface area contributed by atoms with Crippen LogP contribution in [0.15, 0.2) is 30.0 Å². The lowest BCUT2D eigenvalue weighted by Crippen LogP contribution is -2.41. The third-order valence-corrected chi connectivity index (χ3v) is 5.70. The van der Waals surface area contributed by atoms with Crippen molar-refractivity contribution in [3.05, 3.63) is 35.6 Å². The summed E-state index contributed by atoms with van der Waals surface area (Å²) in [5.74, 6) is 1.02. The van der Waals surface area contributed by atoms with E-state index in [9.17, 15) is 9.90 Å². The van der Waals surface area contributed by atoms with Crippen LogP contribution >= 0.6 is 0 Å². The van der Waals surface area contributed by atoms with Gasteiger partial charge in [0.1, 0.15) is 0 Å². The quantitative estimate of drug-likeness (QED) is 0.512. The molecular formula is C23H33NO8. The molecular weight excluding hydrogens is 418 g/mol. The molecule has 9 nitrogen and oxygen atoms in total. The lowest BCUT2D eigenvalue weighted by atomic mass is 9.80. The second kappa shape index (κ2) is 11.5. The Morgan fingerprint density at radius 2 is 2.00 bits per heavy atom. The van der Waals surface area contributed by atoms with E-state index in [1.807, 2.05) is 31.2 Å². The molecule has 0 aromatic heterocycles. The number of carbonyl (C=O) groups is 1. The first-order valence-electron chi connectivity index (χ1n) is 10.8. The van der Waals surface area contributed by atoms with E-state index in [1.54, 1.807) is 7.05 Å². The standard InChI is InChI=1S/C23H33NO8/c1-5-29-23-16(7-6-10-25)17(15-8-9-18-19(11-15)31-14-30-18)12-20(32-23)22(26)24(2)13-21(27-3)28-4/h8-9,11-12,16-17,21,23,25H,5-7,10,13-14H2,1-4H3/t16-,17+,23+/m1/s1. The van der Waals surface area contributed by atoms with Crippen molar-refractivity contribution in [1.82, 2.24) is 4.90 Å². The molecule has 3 atom stereocenters. The molecule has 0 saturated carbocycles. The topological polar surface area (TPSA) is 95.9 Å². The number of hydrogen-bond acceptors (Lipinski definition) is 8. The van der Waals surface area contributed by atoms with Crippen LogP contribution in [0, 0.1) is 5.92 Å². The Labute approximate surface area is 188 Å². The Morgan fingerprint density at radius 1 is 1.25 bits per heavy atom. The summed E-state index contributed by atoms with van der Waals surface area (Å²) in [5.41, 5.74) is 0.963. The van der Waals surface area contributed by atoms with Gasteiger partial charge in [-0.2, -0.15) is 0 Å². The number of allylic oxidation sites excluding steroid dienone is 1. The van der Waals surface area contributed by atoms with Crippen LogP contribution in [0.25, 0.3) is 0 Å². The van der Waals surface area contributed by atoms with E-state index in [4.69, 9.17) is 28.4 Å². The van der Waals surface area contributed by atoms with Crippen LogP contribution in [0.2, 0.25) is 0 Å². The summed E-state index contributed by atoms with van der Waals surface area (Å²) in [6.45, 7) is 2.81. The first-order valence-corrected chi connectivity index (χ1v) is 10.8. The van der Waals surface area contributed by atoms with Crippen molar-refractivity contribution in [3.8, 4) is 11.5 Å². The predicted octanol–water partition coefficient (Wildman–Crippen LogP) is 2.24. The molecule has 0 saturated heterocycles. The van der Waals surface area contributed by atoms with Gasteiger partial charge in [0.15, 0.2) is 23.5 Å². The highest BCUT2D eigenvalue weighted by Crippen LogP contribution is 2.43. The molecule has 0 spiro atoms. The largest absolute Gasteiger partial charge is 0.459 e. The smallest absolute Gasteiger partial charge is 0.288 e. The van der Waals surface area contributed by atoms with Crippen LogP contribution in [0.3, 0.4) is 0 Å². The molecule has 2 heterocycles. The van der Waals surface area contributed by atoms with E-state index < -0.39 is 12.6 Å².